The molecule has 1 heterocycles. The van der Waals surface area contributed by atoms with Crippen LogP contribution < -0.4 is 0 Å². The molecule has 2 unspecified atom stereocenters. The van der Waals surface area contributed by atoms with Gasteiger partial charge >= 0.3 is 0 Å². The van der Waals surface area contributed by atoms with Crippen LogP contribution in [-0.4, -0.2) is 0 Å². The number of rotatable bonds is 1. The fourth-order valence-electron chi connectivity index (χ4n) is 4.05. The van der Waals surface area contributed by atoms with E-state index in [2.05, 4.69) is 87.5 Å². The standard InChI is InChI=1S/C24H22O/c1-24(2,3)16-12-13-18-19-11-7-10-17(15-8-5-4-6-9-15)21(19)23-22(25-23)20(18)14-16/h4-14,22-23H,1-3H3. The molecule has 0 N–H and O–H groups in total. The van der Waals surface area contributed by atoms with E-state index in [1.54, 1.807) is 0 Å². The Morgan fingerprint density at radius 2 is 1.48 bits per heavy atom. The van der Waals surface area contributed by atoms with Gasteiger partial charge in [0.25, 0.3) is 0 Å². The van der Waals surface area contributed by atoms with Gasteiger partial charge in [-0.1, -0.05) is 87.5 Å². The summed E-state index contributed by atoms with van der Waals surface area (Å²) in [5.41, 5.74) is 9.48. The van der Waals surface area contributed by atoms with E-state index in [1.165, 1.54) is 38.9 Å². The lowest BCUT2D eigenvalue weighted by Crippen LogP contribution is -2.12. The van der Waals surface area contributed by atoms with E-state index in [1.807, 2.05) is 0 Å². The average Bonchev–Trinajstić information content (AvgIpc) is 3.42. The van der Waals surface area contributed by atoms with Crippen molar-refractivity contribution in [3.8, 4) is 22.3 Å². The van der Waals surface area contributed by atoms with Crippen LogP contribution in [-0.2, 0) is 10.2 Å². The highest BCUT2D eigenvalue weighted by Crippen LogP contribution is 2.61. The Morgan fingerprint density at radius 1 is 0.720 bits per heavy atom. The maximum atomic E-state index is 6.16. The van der Waals surface area contributed by atoms with E-state index in [0.717, 1.165) is 0 Å². The first-order valence-corrected chi connectivity index (χ1v) is 9.02. The predicted molar refractivity (Wildman–Crippen MR) is 103 cm³/mol. The van der Waals surface area contributed by atoms with Gasteiger partial charge < -0.3 is 4.74 Å². The molecule has 0 amide bonds. The van der Waals surface area contributed by atoms with Crippen molar-refractivity contribution in [2.75, 3.05) is 0 Å². The molecular weight excluding hydrogens is 304 g/mol. The first-order chi connectivity index (χ1) is 12.0. The maximum absolute atomic E-state index is 6.16. The fourth-order valence-corrected chi connectivity index (χ4v) is 4.05. The lowest BCUT2D eigenvalue weighted by Gasteiger charge is -2.24. The molecule has 1 heteroatoms. The van der Waals surface area contributed by atoms with Crippen molar-refractivity contribution < 1.29 is 4.74 Å². The number of fused-ring (bicyclic) bond motifs is 6. The second-order valence-electron chi connectivity index (χ2n) is 8.16. The molecule has 0 saturated carbocycles. The Morgan fingerprint density at radius 3 is 2.24 bits per heavy atom. The van der Waals surface area contributed by atoms with Gasteiger partial charge in [-0.2, -0.15) is 0 Å². The van der Waals surface area contributed by atoms with Crippen LogP contribution in [0.5, 0.6) is 0 Å². The van der Waals surface area contributed by atoms with E-state index < -0.39 is 0 Å². The second kappa shape index (κ2) is 5.06. The van der Waals surface area contributed by atoms with Crippen molar-refractivity contribution in [1.29, 1.82) is 0 Å². The zero-order chi connectivity index (χ0) is 17.2. The molecule has 2 aliphatic rings. The van der Waals surface area contributed by atoms with E-state index in [4.69, 9.17) is 4.74 Å². The molecular formula is C24H22O. The van der Waals surface area contributed by atoms with Crippen LogP contribution in [0.4, 0.5) is 0 Å². The van der Waals surface area contributed by atoms with E-state index in [9.17, 15) is 0 Å². The summed E-state index contributed by atoms with van der Waals surface area (Å²) in [6.45, 7) is 6.80. The summed E-state index contributed by atoms with van der Waals surface area (Å²) in [6, 6.07) is 24.2. The minimum absolute atomic E-state index is 0.158. The topological polar surface area (TPSA) is 12.5 Å². The molecule has 0 spiro atoms. The molecule has 5 rings (SSSR count). The van der Waals surface area contributed by atoms with Gasteiger partial charge in [0.2, 0.25) is 0 Å². The number of hydrogen-bond donors (Lipinski definition) is 0. The van der Waals surface area contributed by atoms with Crippen molar-refractivity contribution in [3.63, 3.8) is 0 Å². The van der Waals surface area contributed by atoms with Crippen molar-refractivity contribution in [1.82, 2.24) is 0 Å². The summed E-state index contributed by atoms with van der Waals surface area (Å²) in [4.78, 5) is 0. The monoisotopic (exact) mass is 326 g/mol. The van der Waals surface area contributed by atoms with E-state index >= 15 is 0 Å². The van der Waals surface area contributed by atoms with Gasteiger partial charge in [0, 0.05) is 0 Å². The minimum atomic E-state index is 0.158. The molecule has 3 aromatic rings. The lowest BCUT2D eigenvalue weighted by molar-refractivity contribution is 0.380. The van der Waals surface area contributed by atoms with Gasteiger partial charge in [-0.3, -0.25) is 0 Å². The van der Waals surface area contributed by atoms with E-state index in [0.29, 0.717) is 0 Å². The Balaban J connectivity index is 1.72. The van der Waals surface area contributed by atoms with Gasteiger partial charge in [-0.15, -0.1) is 0 Å². The molecule has 1 nitrogen and oxygen atoms in total. The number of epoxide rings is 1. The molecule has 0 aromatic heterocycles. The molecule has 25 heavy (non-hydrogen) atoms. The average molecular weight is 326 g/mol. The highest BCUT2D eigenvalue weighted by Gasteiger charge is 2.48. The molecule has 1 fully saturated rings. The zero-order valence-corrected chi connectivity index (χ0v) is 14.9. The third-order valence-electron chi connectivity index (χ3n) is 5.48. The third-order valence-corrected chi connectivity index (χ3v) is 5.48. The fraction of sp³-hybridized carbons (Fsp3) is 0.250. The van der Waals surface area contributed by atoms with Crippen LogP contribution in [0.3, 0.4) is 0 Å². The predicted octanol–water partition coefficient (Wildman–Crippen LogP) is 6.44. The van der Waals surface area contributed by atoms with Crippen molar-refractivity contribution in [2.24, 2.45) is 0 Å². The highest BCUT2D eigenvalue weighted by atomic mass is 16.6. The number of hydrogen-bond acceptors (Lipinski definition) is 1. The smallest absolute Gasteiger partial charge is 0.115 e. The quantitative estimate of drug-likeness (QED) is 0.468. The maximum Gasteiger partial charge on any atom is 0.115 e. The Bertz CT molecular complexity index is 963. The zero-order valence-electron chi connectivity index (χ0n) is 14.9. The Hall–Kier alpha value is -2.38. The molecule has 1 aliphatic carbocycles. The van der Waals surface area contributed by atoms with Crippen LogP contribution >= 0.6 is 0 Å². The van der Waals surface area contributed by atoms with Crippen molar-refractivity contribution in [2.45, 2.75) is 38.4 Å². The van der Waals surface area contributed by atoms with E-state index in [-0.39, 0.29) is 17.6 Å². The first kappa shape index (κ1) is 14.9. The van der Waals surface area contributed by atoms with Crippen LogP contribution in [0.2, 0.25) is 0 Å². The highest BCUT2D eigenvalue weighted by molar-refractivity contribution is 5.84. The second-order valence-corrected chi connectivity index (χ2v) is 8.16. The summed E-state index contributed by atoms with van der Waals surface area (Å²) in [5, 5.41) is 0. The van der Waals surface area contributed by atoms with Gasteiger partial charge in [0.15, 0.2) is 0 Å². The van der Waals surface area contributed by atoms with Crippen LogP contribution in [0.15, 0.2) is 66.7 Å². The summed E-state index contributed by atoms with van der Waals surface area (Å²) >= 11 is 0. The molecule has 0 bridgehead atoms. The van der Waals surface area contributed by atoms with Crippen LogP contribution in [0.1, 0.15) is 49.7 Å². The summed E-state index contributed by atoms with van der Waals surface area (Å²) < 4.78 is 6.16. The Labute approximate surface area is 149 Å². The third kappa shape index (κ3) is 2.26. The molecule has 0 radical (unpaired) electrons. The largest absolute Gasteiger partial charge is 0.359 e. The molecule has 1 saturated heterocycles. The van der Waals surface area contributed by atoms with Crippen molar-refractivity contribution in [3.05, 3.63) is 83.4 Å². The molecule has 2 atom stereocenters. The minimum Gasteiger partial charge on any atom is -0.359 e. The van der Waals surface area contributed by atoms with Gasteiger partial charge in [-0.05, 0) is 44.4 Å². The Kier molecular flexibility index (Phi) is 3.02. The molecule has 3 aromatic carbocycles. The first-order valence-electron chi connectivity index (χ1n) is 9.02. The van der Waals surface area contributed by atoms with Crippen molar-refractivity contribution >= 4 is 0 Å². The molecule has 124 valence electrons. The number of ether oxygens (including phenoxy) is 1. The van der Waals surface area contributed by atoms with Gasteiger partial charge in [-0.25, -0.2) is 0 Å². The van der Waals surface area contributed by atoms with Gasteiger partial charge in [0.05, 0.1) is 0 Å². The normalized spacial score (nSPS) is 20.4. The van der Waals surface area contributed by atoms with Crippen LogP contribution in [0, 0.1) is 0 Å². The van der Waals surface area contributed by atoms with Crippen LogP contribution in [0.25, 0.3) is 22.3 Å². The SMILES string of the molecule is CC(C)(C)c1ccc2c(c1)C1OC1c1c(-c3ccccc3)cccc1-2. The number of benzene rings is 3. The van der Waals surface area contributed by atoms with Gasteiger partial charge in [0.1, 0.15) is 12.2 Å². The summed E-state index contributed by atoms with van der Waals surface area (Å²) in [5.74, 6) is 0. The summed E-state index contributed by atoms with van der Waals surface area (Å²) in [6.07, 6.45) is 0.420. The molecule has 1 aliphatic heterocycles. The lowest BCUT2D eigenvalue weighted by atomic mass is 9.78. The summed E-state index contributed by atoms with van der Waals surface area (Å²) in [7, 11) is 0.